The van der Waals surface area contributed by atoms with Crippen LogP contribution in [0.2, 0.25) is 19.1 Å². The molecular weight excluding hydrogens is 178 g/mol. The summed E-state index contributed by atoms with van der Waals surface area (Å²) in [6, 6.07) is 1.06. The molecule has 0 rings (SSSR count). The minimum Gasteiger partial charge on any atom is -0.432 e. The average molecular weight is 203 g/mol. The third-order valence-electron chi connectivity index (χ3n) is 2.14. The lowest BCUT2D eigenvalue weighted by atomic mass is 10.2. The first-order chi connectivity index (χ1) is 5.92. The second-order valence-electron chi connectivity index (χ2n) is 4.78. The number of rotatable bonds is 7. The molecule has 1 N–H and O–H groups in total. The molecule has 0 aromatic heterocycles. The Hall–Kier alpha value is 0.137. The van der Waals surface area contributed by atoms with Crippen LogP contribution < -0.4 is 0 Å². The van der Waals surface area contributed by atoms with E-state index in [1.54, 1.807) is 0 Å². The number of hydrogen-bond donors (Lipinski definition) is 1. The molecule has 0 aromatic rings. The minimum absolute atomic E-state index is 1.06. The van der Waals surface area contributed by atoms with E-state index in [0.29, 0.717) is 0 Å². The third kappa shape index (κ3) is 12.1. The number of hydrogen-bond acceptors (Lipinski definition) is 2. The maximum absolute atomic E-state index is 9.59. The van der Waals surface area contributed by atoms with Crippen LogP contribution in [0.1, 0.15) is 25.7 Å². The van der Waals surface area contributed by atoms with E-state index in [9.17, 15) is 4.80 Å². The van der Waals surface area contributed by atoms with Gasteiger partial charge in [-0.3, -0.25) is 0 Å². The topological polar surface area (TPSA) is 23.5 Å². The molecule has 0 aliphatic rings. The summed E-state index contributed by atoms with van der Waals surface area (Å²) in [5, 5.41) is 0. The highest BCUT2D eigenvalue weighted by Gasteiger charge is 2.14. The van der Waals surface area contributed by atoms with Gasteiger partial charge in [0.15, 0.2) is 8.32 Å². The van der Waals surface area contributed by atoms with E-state index in [2.05, 4.69) is 19.0 Å². The van der Waals surface area contributed by atoms with Gasteiger partial charge in [-0.15, -0.1) is 0 Å². The molecule has 0 heterocycles. The first kappa shape index (κ1) is 13.1. The summed E-state index contributed by atoms with van der Waals surface area (Å²) < 4.78 is 0. The molecular formula is C10H25NOSi. The Kier molecular flexibility index (Phi) is 6.64. The molecule has 0 aliphatic heterocycles. The second kappa shape index (κ2) is 6.57. The third-order valence-corrected chi connectivity index (χ3v) is 3.72. The fourth-order valence-corrected chi connectivity index (χ4v) is 2.45. The van der Waals surface area contributed by atoms with Gasteiger partial charge in [0.2, 0.25) is 0 Å². The second-order valence-corrected chi connectivity index (χ2v) is 8.90. The zero-order chi connectivity index (χ0) is 10.3. The molecule has 2 nitrogen and oxygen atoms in total. The lowest BCUT2D eigenvalue weighted by molar-refractivity contribution is 0.390. The normalized spacial score (nSPS) is 12.5. The highest BCUT2D eigenvalue weighted by Crippen LogP contribution is 2.12. The van der Waals surface area contributed by atoms with Gasteiger partial charge in [0.25, 0.3) is 0 Å². The van der Waals surface area contributed by atoms with E-state index >= 15 is 0 Å². The molecule has 0 atom stereocenters. The van der Waals surface area contributed by atoms with Crippen molar-refractivity contribution in [3.05, 3.63) is 0 Å². The van der Waals surface area contributed by atoms with Crippen LogP contribution in [0.15, 0.2) is 0 Å². The van der Waals surface area contributed by atoms with Crippen LogP contribution in [0.5, 0.6) is 0 Å². The van der Waals surface area contributed by atoms with Crippen molar-refractivity contribution in [1.29, 1.82) is 0 Å². The van der Waals surface area contributed by atoms with Crippen LogP contribution in [-0.2, 0) is 0 Å². The summed E-state index contributed by atoms with van der Waals surface area (Å²) >= 11 is 0. The van der Waals surface area contributed by atoms with Crippen molar-refractivity contribution in [3.8, 4) is 0 Å². The molecule has 0 saturated heterocycles. The Morgan fingerprint density at radius 2 is 1.54 bits per heavy atom. The zero-order valence-corrected chi connectivity index (χ0v) is 10.6. The molecule has 0 aromatic carbocycles. The molecule has 0 amide bonds. The minimum atomic E-state index is -1.75. The zero-order valence-electron chi connectivity index (χ0n) is 9.64. The largest absolute Gasteiger partial charge is 0.432 e. The average Bonchev–Trinajstić information content (AvgIpc) is 1.93. The molecule has 80 valence electrons. The lowest BCUT2D eigenvalue weighted by Gasteiger charge is -2.13. The lowest BCUT2D eigenvalue weighted by Crippen LogP contribution is -2.24. The molecule has 0 bridgehead atoms. The van der Waals surface area contributed by atoms with Gasteiger partial charge in [-0.1, -0.05) is 19.3 Å². The molecule has 3 heteroatoms. The Morgan fingerprint density at radius 3 is 2.00 bits per heavy atom. The van der Waals surface area contributed by atoms with Crippen LogP contribution >= 0.6 is 0 Å². The number of nitrogens with zero attached hydrogens (tertiary/aromatic N) is 1. The van der Waals surface area contributed by atoms with Gasteiger partial charge in [-0.25, -0.2) is 0 Å². The summed E-state index contributed by atoms with van der Waals surface area (Å²) in [4.78, 5) is 11.8. The highest BCUT2D eigenvalue weighted by atomic mass is 28.4. The van der Waals surface area contributed by atoms with Crippen LogP contribution in [0.3, 0.4) is 0 Å². The predicted molar refractivity (Wildman–Crippen MR) is 61.5 cm³/mol. The van der Waals surface area contributed by atoms with Gasteiger partial charge < -0.3 is 9.70 Å². The van der Waals surface area contributed by atoms with E-state index in [0.717, 1.165) is 6.04 Å². The molecule has 0 unspecified atom stereocenters. The van der Waals surface area contributed by atoms with Gasteiger partial charge in [0.05, 0.1) is 0 Å². The maximum Gasteiger partial charge on any atom is 0.182 e. The predicted octanol–water partition coefficient (Wildman–Crippen LogP) is 2.31. The maximum atomic E-state index is 9.59. The standard InChI is InChI=1S/C10H25NOSi/c1-11(2)9-7-5-6-8-10-13(3,4)12/h12H,5-10H2,1-4H3. The Morgan fingerprint density at radius 1 is 1.00 bits per heavy atom. The fraction of sp³-hybridized carbons (Fsp3) is 1.00. The van der Waals surface area contributed by atoms with Crippen molar-refractivity contribution < 1.29 is 4.80 Å². The van der Waals surface area contributed by atoms with Crippen molar-refractivity contribution in [2.45, 2.75) is 44.8 Å². The SMILES string of the molecule is CN(C)CCCCCC[Si](C)(C)O. The van der Waals surface area contributed by atoms with Gasteiger partial charge in [0.1, 0.15) is 0 Å². The highest BCUT2D eigenvalue weighted by molar-refractivity contribution is 6.69. The summed E-state index contributed by atoms with van der Waals surface area (Å²) in [7, 11) is 2.48. The van der Waals surface area contributed by atoms with Gasteiger partial charge in [0, 0.05) is 0 Å². The Labute approximate surface area is 84.1 Å². The summed E-state index contributed by atoms with van der Waals surface area (Å²) in [5.41, 5.74) is 0. The van der Waals surface area contributed by atoms with Gasteiger partial charge in [-0.2, -0.15) is 0 Å². The van der Waals surface area contributed by atoms with Crippen molar-refractivity contribution in [2.24, 2.45) is 0 Å². The Balaban J connectivity index is 3.09. The van der Waals surface area contributed by atoms with Crippen LogP contribution in [0.25, 0.3) is 0 Å². The van der Waals surface area contributed by atoms with Crippen LogP contribution in [0, 0.1) is 0 Å². The van der Waals surface area contributed by atoms with Crippen molar-refractivity contribution in [2.75, 3.05) is 20.6 Å². The molecule has 0 aliphatic carbocycles. The molecule has 0 fully saturated rings. The number of unbranched alkanes of at least 4 members (excludes halogenated alkanes) is 3. The van der Waals surface area contributed by atoms with E-state index < -0.39 is 8.32 Å². The van der Waals surface area contributed by atoms with E-state index in [-0.39, 0.29) is 0 Å². The first-order valence-corrected chi connectivity index (χ1v) is 8.44. The van der Waals surface area contributed by atoms with E-state index in [4.69, 9.17) is 0 Å². The van der Waals surface area contributed by atoms with Crippen molar-refractivity contribution in [3.63, 3.8) is 0 Å². The smallest absolute Gasteiger partial charge is 0.182 e. The fourth-order valence-electron chi connectivity index (χ4n) is 1.34. The van der Waals surface area contributed by atoms with E-state index in [1.165, 1.54) is 32.2 Å². The molecule has 0 radical (unpaired) electrons. The van der Waals surface area contributed by atoms with Crippen molar-refractivity contribution in [1.82, 2.24) is 4.90 Å². The monoisotopic (exact) mass is 203 g/mol. The molecule has 0 spiro atoms. The van der Waals surface area contributed by atoms with Gasteiger partial charge in [-0.05, 0) is 46.2 Å². The van der Waals surface area contributed by atoms with Crippen molar-refractivity contribution >= 4 is 8.32 Å². The Bertz CT molecular complexity index is 121. The summed E-state index contributed by atoms with van der Waals surface area (Å²) in [6.07, 6.45) is 5.09. The quantitative estimate of drug-likeness (QED) is 0.507. The first-order valence-electron chi connectivity index (χ1n) is 5.29. The van der Waals surface area contributed by atoms with Crippen LogP contribution in [0.4, 0.5) is 0 Å². The van der Waals surface area contributed by atoms with Crippen LogP contribution in [-0.4, -0.2) is 38.7 Å². The van der Waals surface area contributed by atoms with E-state index in [1.807, 2.05) is 13.1 Å². The van der Waals surface area contributed by atoms with Gasteiger partial charge >= 0.3 is 0 Å². The summed E-state index contributed by atoms with van der Waals surface area (Å²) in [5.74, 6) is 0. The molecule has 0 saturated carbocycles. The molecule has 13 heavy (non-hydrogen) atoms. The summed E-state index contributed by atoms with van der Waals surface area (Å²) in [6.45, 7) is 5.24.